The van der Waals surface area contributed by atoms with Gasteiger partial charge in [0.25, 0.3) is 5.69 Å². The van der Waals surface area contributed by atoms with Crippen molar-refractivity contribution < 1.29 is 19.6 Å². The monoisotopic (exact) mass is 365 g/mol. The van der Waals surface area contributed by atoms with Crippen LogP contribution in [-0.4, -0.2) is 39.5 Å². The van der Waals surface area contributed by atoms with Crippen LogP contribution in [0.1, 0.15) is 32.4 Å². The highest BCUT2D eigenvalue weighted by Crippen LogP contribution is 2.42. The SMILES string of the molecule is CCN1C(=S)NC(c2cc([N+](=O)[O-])cc(OC)c2O)C(C(C)=O)=C1C. The summed E-state index contributed by atoms with van der Waals surface area (Å²) in [6, 6.07) is 1.54. The van der Waals surface area contributed by atoms with Gasteiger partial charge < -0.3 is 20.1 Å². The van der Waals surface area contributed by atoms with Crippen molar-refractivity contribution in [2.45, 2.75) is 26.8 Å². The zero-order valence-corrected chi connectivity index (χ0v) is 15.1. The van der Waals surface area contributed by atoms with E-state index < -0.39 is 11.0 Å². The highest BCUT2D eigenvalue weighted by molar-refractivity contribution is 7.80. The van der Waals surface area contributed by atoms with Crippen molar-refractivity contribution in [2.75, 3.05) is 13.7 Å². The molecule has 9 heteroatoms. The summed E-state index contributed by atoms with van der Waals surface area (Å²) in [5.74, 6) is -0.541. The number of nitro benzene ring substituents is 1. The van der Waals surface area contributed by atoms with Crippen LogP contribution in [-0.2, 0) is 4.79 Å². The number of ether oxygens (including phenoxy) is 1. The molecule has 8 nitrogen and oxygen atoms in total. The lowest BCUT2D eigenvalue weighted by Crippen LogP contribution is -2.47. The largest absolute Gasteiger partial charge is 0.504 e. The summed E-state index contributed by atoms with van der Waals surface area (Å²) in [5.41, 5.74) is 0.937. The lowest BCUT2D eigenvalue weighted by Gasteiger charge is -2.37. The van der Waals surface area contributed by atoms with Gasteiger partial charge in [-0.2, -0.15) is 0 Å². The number of ketones is 1. The van der Waals surface area contributed by atoms with Gasteiger partial charge >= 0.3 is 0 Å². The van der Waals surface area contributed by atoms with Crippen LogP contribution in [0, 0.1) is 10.1 Å². The van der Waals surface area contributed by atoms with E-state index in [4.69, 9.17) is 17.0 Å². The first-order valence-electron chi connectivity index (χ1n) is 7.57. The summed E-state index contributed by atoms with van der Waals surface area (Å²) >= 11 is 5.33. The molecule has 0 saturated carbocycles. The number of non-ortho nitro benzene ring substituents is 1. The van der Waals surface area contributed by atoms with Gasteiger partial charge in [0.05, 0.1) is 24.1 Å². The summed E-state index contributed by atoms with van der Waals surface area (Å²) < 4.78 is 5.03. The van der Waals surface area contributed by atoms with E-state index in [9.17, 15) is 20.0 Å². The van der Waals surface area contributed by atoms with Crippen molar-refractivity contribution in [2.24, 2.45) is 0 Å². The van der Waals surface area contributed by atoms with Gasteiger partial charge in [0, 0.05) is 29.4 Å². The Hall–Kier alpha value is -2.68. The fraction of sp³-hybridized carbons (Fsp3) is 0.375. The third-order valence-electron chi connectivity index (χ3n) is 4.12. The van der Waals surface area contributed by atoms with Gasteiger partial charge in [0.15, 0.2) is 22.4 Å². The smallest absolute Gasteiger partial charge is 0.273 e. The number of nitrogens with zero attached hydrogens (tertiary/aromatic N) is 2. The lowest BCUT2D eigenvalue weighted by atomic mass is 9.91. The second-order valence-electron chi connectivity index (χ2n) is 5.53. The summed E-state index contributed by atoms with van der Waals surface area (Å²) in [5, 5.41) is 25.0. The zero-order valence-electron chi connectivity index (χ0n) is 14.3. The fourth-order valence-electron chi connectivity index (χ4n) is 2.95. The molecule has 134 valence electrons. The van der Waals surface area contributed by atoms with E-state index in [1.165, 1.54) is 20.1 Å². The van der Waals surface area contributed by atoms with Crippen LogP contribution in [0.5, 0.6) is 11.5 Å². The number of allylic oxidation sites excluding steroid dienone is 1. The van der Waals surface area contributed by atoms with E-state index >= 15 is 0 Å². The standard InChI is InChI=1S/C16H19N3O5S/c1-5-18-8(2)13(9(3)20)14(17-16(18)25)11-6-10(19(22)23)7-12(24-4)15(11)21/h6-7,14,21H,5H2,1-4H3,(H,17,25). The van der Waals surface area contributed by atoms with Gasteiger partial charge in [-0.3, -0.25) is 14.9 Å². The first-order chi connectivity index (χ1) is 11.7. The Morgan fingerprint density at radius 2 is 2.16 bits per heavy atom. The number of hydrogen-bond donors (Lipinski definition) is 2. The van der Waals surface area contributed by atoms with Crippen molar-refractivity contribution in [3.8, 4) is 11.5 Å². The molecule has 1 aliphatic heterocycles. The van der Waals surface area contributed by atoms with E-state index in [1.807, 2.05) is 6.92 Å². The third-order valence-corrected chi connectivity index (χ3v) is 4.46. The molecule has 0 fully saturated rings. The molecule has 25 heavy (non-hydrogen) atoms. The molecule has 0 bridgehead atoms. The molecule has 1 aromatic carbocycles. The first kappa shape index (κ1) is 18.7. The number of methoxy groups -OCH3 is 1. The van der Waals surface area contributed by atoms with Crippen molar-refractivity contribution in [3.63, 3.8) is 0 Å². The predicted octanol–water partition coefficient (Wildman–Crippen LogP) is 2.42. The Kier molecular flexibility index (Phi) is 5.27. The second kappa shape index (κ2) is 7.06. The summed E-state index contributed by atoms with van der Waals surface area (Å²) in [4.78, 5) is 24.6. The maximum Gasteiger partial charge on any atom is 0.273 e. The molecule has 0 aliphatic carbocycles. The molecule has 0 amide bonds. The number of hydrogen-bond acceptors (Lipinski definition) is 6. The van der Waals surface area contributed by atoms with Crippen LogP contribution in [0.25, 0.3) is 0 Å². The van der Waals surface area contributed by atoms with E-state index in [0.29, 0.717) is 22.9 Å². The molecule has 0 saturated heterocycles. The number of carbonyl (C=O) groups is 1. The summed E-state index contributed by atoms with van der Waals surface area (Å²) in [6.45, 7) is 5.61. The number of carbonyl (C=O) groups excluding carboxylic acids is 1. The molecule has 1 unspecified atom stereocenters. The lowest BCUT2D eigenvalue weighted by molar-refractivity contribution is -0.385. The number of nitro groups is 1. The molecular formula is C16H19N3O5S. The highest BCUT2D eigenvalue weighted by atomic mass is 32.1. The third kappa shape index (κ3) is 3.27. The van der Waals surface area contributed by atoms with Gasteiger partial charge in [-0.05, 0) is 33.0 Å². The van der Waals surface area contributed by atoms with E-state index in [1.54, 1.807) is 11.8 Å². The number of phenols is 1. The average molecular weight is 365 g/mol. The van der Waals surface area contributed by atoms with Crippen molar-refractivity contribution >= 4 is 28.8 Å². The van der Waals surface area contributed by atoms with Gasteiger partial charge in [-0.25, -0.2) is 0 Å². The Bertz CT molecular complexity index is 790. The Morgan fingerprint density at radius 1 is 1.52 bits per heavy atom. The van der Waals surface area contributed by atoms with Crippen LogP contribution in [0.4, 0.5) is 5.69 Å². The number of benzene rings is 1. The van der Waals surface area contributed by atoms with Gasteiger partial charge in [-0.15, -0.1) is 0 Å². The molecule has 0 spiro atoms. The molecule has 2 rings (SSSR count). The Balaban J connectivity index is 2.73. The van der Waals surface area contributed by atoms with Gasteiger partial charge in [0.1, 0.15) is 0 Å². The van der Waals surface area contributed by atoms with Gasteiger partial charge in [-0.1, -0.05) is 0 Å². The minimum atomic E-state index is -0.804. The number of thiocarbonyl (C=S) groups is 1. The Morgan fingerprint density at radius 3 is 2.64 bits per heavy atom. The van der Waals surface area contributed by atoms with Crippen LogP contribution in [0.3, 0.4) is 0 Å². The molecule has 1 aliphatic rings. The van der Waals surface area contributed by atoms with E-state index in [-0.39, 0.29) is 28.5 Å². The summed E-state index contributed by atoms with van der Waals surface area (Å²) in [6.07, 6.45) is 0. The van der Waals surface area contributed by atoms with Crippen molar-refractivity contribution in [1.29, 1.82) is 0 Å². The molecular weight excluding hydrogens is 346 g/mol. The topological polar surface area (TPSA) is 105 Å². The van der Waals surface area contributed by atoms with Crippen molar-refractivity contribution in [1.82, 2.24) is 10.2 Å². The molecule has 1 atom stereocenters. The minimum Gasteiger partial charge on any atom is -0.504 e. The fourth-order valence-corrected chi connectivity index (χ4v) is 3.33. The van der Waals surface area contributed by atoms with Crippen LogP contribution >= 0.6 is 12.2 Å². The van der Waals surface area contributed by atoms with E-state index in [2.05, 4.69) is 5.32 Å². The maximum atomic E-state index is 12.2. The van der Waals surface area contributed by atoms with Crippen molar-refractivity contribution in [3.05, 3.63) is 39.1 Å². The van der Waals surface area contributed by atoms with Crippen LogP contribution in [0.15, 0.2) is 23.4 Å². The van der Waals surface area contributed by atoms with E-state index in [0.717, 1.165) is 6.07 Å². The number of Topliss-reactive ketones (excluding diaryl/α,β-unsaturated/α-hetero) is 1. The summed E-state index contributed by atoms with van der Waals surface area (Å²) in [7, 11) is 1.30. The van der Waals surface area contributed by atoms with Gasteiger partial charge in [0.2, 0.25) is 0 Å². The molecule has 0 radical (unpaired) electrons. The molecule has 1 heterocycles. The maximum absolute atomic E-state index is 12.2. The number of phenolic OH excluding ortho intramolecular Hbond substituents is 1. The van der Waals surface area contributed by atoms with Crippen LogP contribution < -0.4 is 10.1 Å². The first-order valence-corrected chi connectivity index (χ1v) is 7.98. The Labute approximate surface area is 150 Å². The number of aromatic hydroxyl groups is 1. The highest BCUT2D eigenvalue weighted by Gasteiger charge is 2.34. The molecule has 0 aromatic heterocycles. The second-order valence-corrected chi connectivity index (χ2v) is 5.91. The molecule has 1 aromatic rings. The quantitative estimate of drug-likeness (QED) is 0.466. The number of nitrogens with one attached hydrogen (secondary N) is 1. The minimum absolute atomic E-state index is 0.0459. The van der Waals surface area contributed by atoms with Crippen LogP contribution in [0.2, 0.25) is 0 Å². The predicted molar refractivity (Wildman–Crippen MR) is 95.5 cm³/mol. The number of rotatable bonds is 5. The normalized spacial score (nSPS) is 17.4. The average Bonchev–Trinajstić information content (AvgIpc) is 2.54. The zero-order chi connectivity index (χ0) is 18.9. The molecule has 2 N–H and O–H groups in total.